The number of carbonyl (C=O) groups is 1. The molecule has 0 spiro atoms. The molecule has 1 rings (SSSR count). The lowest BCUT2D eigenvalue weighted by Crippen LogP contribution is -2.06. The first-order valence-electron chi connectivity index (χ1n) is 4.95. The Morgan fingerprint density at radius 3 is 2.47 bits per heavy atom. The molecule has 94 valence electrons. The molecule has 0 aromatic heterocycles. The van der Waals surface area contributed by atoms with Gasteiger partial charge in [-0.25, -0.2) is 13.2 Å². The number of carbonyl (C=O) groups excluding carboxylic acids is 1. The normalized spacial score (nSPS) is 12.5. The first kappa shape index (κ1) is 13.7. The van der Waals surface area contributed by atoms with Crippen LogP contribution in [0, 0.1) is 6.92 Å². The van der Waals surface area contributed by atoms with Crippen LogP contribution in [0.5, 0.6) is 0 Å². The lowest BCUT2D eigenvalue weighted by atomic mass is 10.0. The van der Waals surface area contributed by atoms with Crippen LogP contribution in [0.4, 0.5) is 0 Å². The maximum Gasteiger partial charge on any atom is 0.338 e. The van der Waals surface area contributed by atoms with Crippen molar-refractivity contribution in [2.75, 3.05) is 7.11 Å². The summed E-state index contributed by atoms with van der Waals surface area (Å²) < 4.78 is 30.1. The van der Waals surface area contributed by atoms with Gasteiger partial charge in [0.2, 0.25) is 0 Å². The molecule has 0 saturated heterocycles. The second kappa shape index (κ2) is 5.79. The van der Waals surface area contributed by atoms with Crippen LogP contribution in [-0.2, 0) is 19.9 Å². The molecule has 0 aliphatic heterocycles. The van der Waals surface area contributed by atoms with Gasteiger partial charge in [0.25, 0.3) is 11.0 Å². The number of rotatable bonds is 4. The fourth-order valence-electron chi connectivity index (χ4n) is 1.47. The Morgan fingerprint density at radius 1 is 1.35 bits per heavy atom. The third-order valence-corrected chi connectivity index (χ3v) is 2.86. The van der Waals surface area contributed by atoms with Crippen LogP contribution in [0.15, 0.2) is 18.2 Å². The molecule has 1 aromatic carbocycles. The molecule has 0 saturated carbocycles. The number of methoxy groups -OCH3 is 1. The molecule has 0 fully saturated rings. The molecule has 0 amide bonds. The molecule has 0 aliphatic carbocycles. The third-order valence-electron chi connectivity index (χ3n) is 2.37. The molecule has 1 unspecified atom stereocenters. The Hall–Kier alpha value is -1.40. The SMILES string of the molecule is COC(=O)c1ccc(C(C)O[SH](=O)=O)cc1C. The van der Waals surface area contributed by atoms with E-state index in [9.17, 15) is 13.2 Å². The summed E-state index contributed by atoms with van der Waals surface area (Å²) in [5.41, 5.74) is 1.86. The Balaban J connectivity index is 2.99. The zero-order valence-electron chi connectivity index (χ0n) is 9.80. The Bertz CT molecular complexity index is 485. The highest BCUT2D eigenvalue weighted by Gasteiger charge is 2.12. The topological polar surface area (TPSA) is 69.7 Å². The van der Waals surface area contributed by atoms with Gasteiger partial charge in [0, 0.05) is 0 Å². The minimum absolute atomic E-state index is 0.419. The van der Waals surface area contributed by atoms with Gasteiger partial charge >= 0.3 is 5.97 Å². The van der Waals surface area contributed by atoms with Gasteiger partial charge in [-0.1, -0.05) is 12.1 Å². The van der Waals surface area contributed by atoms with Crippen LogP contribution < -0.4 is 0 Å². The quantitative estimate of drug-likeness (QED) is 0.652. The zero-order valence-corrected chi connectivity index (χ0v) is 10.7. The summed E-state index contributed by atoms with van der Waals surface area (Å²) in [7, 11) is -1.58. The molecule has 17 heavy (non-hydrogen) atoms. The van der Waals surface area contributed by atoms with Crippen LogP contribution in [0.25, 0.3) is 0 Å². The second-order valence-corrected chi connectivity index (χ2v) is 4.20. The average Bonchev–Trinajstić information content (AvgIpc) is 2.27. The van der Waals surface area contributed by atoms with Gasteiger partial charge < -0.3 is 4.74 Å². The van der Waals surface area contributed by atoms with E-state index in [2.05, 4.69) is 8.92 Å². The zero-order chi connectivity index (χ0) is 13.0. The van der Waals surface area contributed by atoms with Gasteiger partial charge in [-0.3, -0.25) is 4.18 Å². The second-order valence-electron chi connectivity index (χ2n) is 3.54. The standard InChI is InChI=1S/C11H14O5S/c1-7-6-9(8(2)16-17(13)14)4-5-10(7)11(12)15-3/h4-6,8,17H,1-3H3. The molecule has 6 heteroatoms. The van der Waals surface area contributed by atoms with Crippen molar-refractivity contribution >= 4 is 17.0 Å². The Labute approximate surface area is 102 Å². The number of hydrogen-bond donors (Lipinski definition) is 1. The van der Waals surface area contributed by atoms with E-state index in [0.717, 1.165) is 0 Å². The molecule has 0 bridgehead atoms. The van der Waals surface area contributed by atoms with Crippen molar-refractivity contribution in [3.8, 4) is 0 Å². The van der Waals surface area contributed by atoms with Crippen LogP contribution in [0.1, 0.15) is 34.5 Å². The number of aryl methyl sites for hydroxylation is 1. The minimum Gasteiger partial charge on any atom is -0.465 e. The van der Waals surface area contributed by atoms with Crippen LogP contribution in [-0.4, -0.2) is 21.5 Å². The van der Waals surface area contributed by atoms with Gasteiger partial charge in [-0.05, 0) is 31.0 Å². The average molecular weight is 258 g/mol. The first-order chi connectivity index (χ1) is 7.95. The first-order valence-corrected chi connectivity index (χ1v) is 6.05. The Kier molecular flexibility index (Phi) is 4.65. The summed E-state index contributed by atoms with van der Waals surface area (Å²) >= 11 is 0. The summed E-state index contributed by atoms with van der Waals surface area (Å²) in [6.45, 7) is 3.37. The number of ether oxygens (including phenoxy) is 1. The monoisotopic (exact) mass is 258 g/mol. The molecule has 1 aromatic rings. The maximum absolute atomic E-state index is 11.3. The fourth-order valence-corrected chi connectivity index (χ4v) is 1.85. The molecule has 0 N–H and O–H groups in total. The van der Waals surface area contributed by atoms with Crippen molar-refractivity contribution in [2.45, 2.75) is 20.0 Å². The molecule has 0 heterocycles. The van der Waals surface area contributed by atoms with Crippen molar-refractivity contribution in [3.05, 3.63) is 34.9 Å². The summed E-state index contributed by atoms with van der Waals surface area (Å²) in [6.07, 6.45) is -0.568. The predicted molar refractivity (Wildman–Crippen MR) is 62.3 cm³/mol. The van der Waals surface area contributed by atoms with Crippen molar-refractivity contribution in [2.24, 2.45) is 0 Å². The number of benzene rings is 1. The molecule has 0 radical (unpaired) electrons. The van der Waals surface area contributed by atoms with E-state index in [0.29, 0.717) is 16.7 Å². The predicted octanol–water partition coefficient (Wildman–Crippen LogP) is 1.39. The number of esters is 1. The van der Waals surface area contributed by atoms with Crippen molar-refractivity contribution in [1.29, 1.82) is 0 Å². The highest BCUT2D eigenvalue weighted by Crippen LogP contribution is 2.20. The highest BCUT2D eigenvalue weighted by atomic mass is 32.2. The van der Waals surface area contributed by atoms with Gasteiger partial charge in [0.15, 0.2) is 0 Å². The summed E-state index contributed by atoms with van der Waals surface area (Å²) in [5.74, 6) is -0.419. The summed E-state index contributed by atoms with van der Waals surface area (Å²) in [4.78, 5) is 11.3. The van der Waals surface area contributed by atoms with E-state index >= 15 is 0 Å². The van der Waals surface area contributed by atoms with Crippen LogP contribution in [0.2, 0.25) is 0 Å². The lowest BCUT2D eigenvalue weighted by Gasteiger charge is -2.11. The Morgan fingerprint density at radius 2 is 2.00 bits per heavy atom. The van der Waals surface area contributed by atoms with Gasteiger partial charge in [-0.15, -0.1) is 0 Å². The molecule has 5 nitrogen and oxygen atoms in total. The van der Waals surface area contributed by atoms with E-state index in [1.165, 1.54) is 7.11 Å². The van der Waals surface area contributed by atoms with Crippen molar-refractivity contribution in [3.63, 3.8) is 0 Å². The number of thiol groups is 1. The van der Waals surface area contributed by atoms with E-state index < -0.39 is 23.1 Å². The van der Waals surface area contributed by atoms with E-state index in [1.807, 2.05) is 0 Å². The lowest BCUT2D eigenvalue weighted by molar-refractivity contribution is 0.0599. The van der Waals surface area contributed by atoms with Crippen LogP contribution >= 0.6 is 0 Å². The van der Waals surface area contributed by atoms with Crippen molar-refractivity contribution < 1.29 is 22.1 Å². The van der Waals surface area contributed by atoms with Crippen LogP contribution in [0.3, 0.4) is 0 Å². The minimum atomic E-state index is -2.89. The van der Waals surface area contributed by atoms with Gasteiger partial charge in [-0.2, -0.15) is 0 Å². The van der Waals surface area contributed by atoms with E-state index in [4.69, 9.17) is 0 Å². The fraction of sp³-hybridized carbons (Fsp3) is 0.364. The highest BCUT2D eigenvalue weighted by molar-refractivity contribution is 7.67. The maximum atomic E-state index is 11.3. The van der Waals surface area contributed by atoms with E-state index in [1.54, 1.807) is 32.0 Å². The molecule has 1 atom stereocenters. The largest absolute Gasteiger partial charge is 0.465 e. The smallest absolute Gasteiger partial charge is 0.338 e. The summed E-state index contributed by atoms with van der Waals surface area (Å²) in [5, 5.41) is 0. The molecular weight excluding hydrogens is 244 g/mol. The van der Waals surface area contributed by atoms with Crippen molar-refractivity contribution in [1.82, 2.24) is 0 Å². The van der Waals surface area contributed by atoms with Gasteiger partial charge in [0.1, 0.15) is 0 Å². The molecule has 0 aliphatic rings. The number of hydrogen-bond acceptors (Lipinski definition) is 5. The summed E-state index contributed by atoms with van der Waals surface area (Å²) in [6, 6.07) is 4.94. The van der Waals surface area contributed by atoms with Gasteiger partial charge in [0.05, 0.1) is 18.8 Å². The van der Waals surface area contributed by atoms with E-state index in [-0.39, 0.29) is 0 Å². The third kappa shape index (κ3) is 3.54. The molecular formula is C11H14O5S.